The number of sulfonamides is 1. The van der Waals surface area contributed by atoms with Crippen molar-refractivity contribution in [2.24, 2.45) is 7.05 Å². The number of para-hydroxylation sites is 2. The van der Waals surface area contributed by atoms with Crippen molar-refractivity contribution in [1.82, 2.24) is 9.29 Å². The van der Waals surface area contributed by atoms with Crippen LogP contribution in [0.25, 0.3) is 10.2 Å². The molecule has 26 heavy (non-hydrogen) atoms. The quantitative estimate of drug-likeness (QED) is 0.731. The average Bonchev–Trinajstić information content (AvgIpc) is 2.93. The molecular formula is C17H16N2O5S2. The predicted octanol–water partition coefficient (Wildman–Crippen LogP) is 1.72. The number of aryl methyl sites for hydroxylation is 1. The fourth-order valence-electron chi connectivity index (χ4n) is 2.73. The molecule has 1 aromatic heterocycles. The zero-order valence-electron chi connectivity index (χ0n) is 13.8. The van der Waals surface area contributed by atoms with Crippen molar-refractivity contribution in [1.29, 1.82) is 0 Å². The summed E-state index contributed by atoms with van der Waals surface area (Å²) in [4.78, 5) is 11.7. The molecule has 1 aliphatic heterocycles. The van der Waals surface area contributed by atoms with Crippen LogP contribution >= 0.6 is 11.3 Å². The second-order valence-corrected chi connectivity index (χ2v) is 8.67. The maximum atomic E-state index is 12.6. The van der Waals surface area contributed by atoms with Gasteiger partial charge in [0.15, 0.2) is 11.5 Å². The predicted molar refractivity (Wildman–Crippen MR) is 98.6 cm³/mol. The normalized spacial score (nSPS) is 16.7. The summed E-state index contributed by atoms with van der Waals surface area (Å²) in [6.07, 6.45) is -0.420. The summed E-state index contributed by atoms with van der Waals surface area (Å²) in [5, 5.41) is 0. The third-order valence-corrected chi connectivity index (χ3v) is 6.56. The molecule has 0 spiro atoms. The zero-order chi connectivity index (χ0) is 18.3. The Morgan fingerprint density at radius 3 is 2.81 bits per heavy atom. The van der Waals surface area contributed by atoms with Crippen LogP contribution in [0.5, 0.6) is 11.5 Å². The van der Waals surface area contributed by atoms with Crippen molar-refractivity contribution in [3.05, 3.63) is 52.1 Å². The summed E-state index contributed by atoms with van der Waals surface area (Å²) in [5.41, 5.74) is 0.708. The van der Waals surface area contributed by atoms with Crippen molar-refractivity contribution in [3.63, 3.8) is 0 Å². The number of rotatable bonds is 4. The third-order valence-electron chi connectivity index (χ3n) is 4.14. The molecule has 2 heterocycles. The van der Waals surface area contributed by atoms with Gasteiger partial charge < -0.3 is 14.0 Å². The van der Waals surface area contributed by atoms with Crippen LogP contribution in [0.1, 0.15) is 0 Å². The lowest BCUT2D eigenvalue weighted by Crippen LogP contribution is -2.40. The molecule has 3 aromatic rings. The molecule has 9 heteroatoms. The molecule has 0 saturated heterocycles. The van der Waals surface area contributed by atoms with E-state index in [4.69, 9.17) is 9.47 Å². The molecule has 0 aliphatic carbocycles. The SMILES string of the molecule is Cn1c(=O)sc2cc(S(=O)(=O)NC[C@@H]3COc4ccccc4O3)ccc21. The van der Waals surface area contributed by atoms with Crippen LogP contribution in [0, 0.1) is 0 Å². The summed E-state index contributed by atoms with van der Waals surface area (Å²) in [7, 11) is -2.06. The minimum atomic E-state index is -3.72. The highest BCUT2D eigenvalue weighted by atomic mass is 32.2. The number of benzene rings is 2. The Morgan fingerprint density at radius 1 is 1.23 bits per heavy atom. The molecule has 0 radical (unpaired) electrons. The highest BCUT2D eigenvalue weighted by Crippen LogP contribution is 2.30. The lowest BCUT2D eigenvalue weighted by Gasteiger charge is -2.26. The van der Waals surface area contributed by atoms with E-state index in [1.54, 1.807) is 25.2 Å². The zero-order valence-corrected chi connectivity index (χ0v) is 15.5. The Kier molecular flexibility index (Phi) is 4.22. The highest BCUT2D eigenvalue weighted by Gasteiger charge is 2.23. The molecule has 4 rings (SSSR count). The van der Waals surface area contributed by atoms with E-state index in [0.29, 0.717) is 21.7 Å². The van der Waals surface area contributed by atoms with E-state index in [1.807, 2.05) is 12.1 Å². The van der Waals surface area contributed by atoms with Crippen LogP contribution in [-0.4, -0.2) is 32.2 Å². The molecule has 0 saturated carbocycles. The maximum absolute atomic E-state index is 12.6. The lowest BCUT2D eigenvalue weighted by atomic mass is 10.2. The van der Waals surface area contributed by atoms with Gasteiger partial charge in [-0.2, -0.15) is 0 Å². The summed E-state index contributed by atoms with van der Waals surface area (Å²) in [5.74, 6) is 1.24. The number of hydrogen-bond acceptors (Lipinski definition) is 6. The van der Waals surface area contributed by atoms with Gasteiger partial charge in [0.05, 0.1) is 21.7 Å². The molecule has 0 amide bonds. The van der Waals surface area contributed by atoms with E-state index in [9.17, 15) is 13.2 Å². The summed E-state index contributed by atoms with van der Waals surface area (Å²) < 4.78 is 41.2. The Balaban J connectivity index is 1.50. The topological polar surface area (TPSA) is 86.6 Å². The molecular weight excluding hydrogens is 376 g/mol. The molecule has 1 N–H and O–H groups in total. The van der Waals surface area contributed by atoms with Gasteiger partial charge in [0.2, 0.25) is 10.0 Å². The monoisotopic (exact) mass is 392 g/mol. The van der Waals surface area contributed by atoms with Gasteiger partial charge in [-0.1, -0.05) is 23.5 Å². The first-order valence-corrected chi connectivity index (χ1v) is 10.2. The average molecular weight is 392 g/mol. The van der Waals surface area contributed by atoms with Crippen molar-refractivity contribution in [3.8, 4) is 11.5 Å². The van der Waals surface area contributed by atoms with Gasteiger partial charge in [-0.05, 0) is 30.3 Å². The lowest BCUT2D eigenvalue weighted by molar-refractivity contribution is 0.0943. The second kappa shape index (κ2) is 6.42. The van der Waals surface area contributed by atoms with Gasteiger partial charge in [0.1, 0.15) is 12.7 Å². The number of nitrogens with one attached hydrogen (secondary N) is 1. The van der Waals surface area contributed by atoms with E-state index in [2.05, 4.69) is 4.72 Å². The number of hydrogen-bond donors (Lipinski definition) is 1. The largest absolute Gasteiger partial charge is 0.486 e. The Hall–Kier alpha value is -2.36. The molecule has 1 aliphatic rings. The maximum Gasteiger partial charge on any atom is 0.307 e. The molecule has 0 unspecified atom stereocenters. The number of thiazole rings is 1. The van der Waals surface area contributed by atoms with Crippen molar-refractivity contribution < 1.29 is 17.9 Å². The first kappa shape index (κ1) is 17.1. The third kappa shape index (κ3) is 3.09. The minimum Gasteiger partial charge on any atom is -0.486 e. The van der Waals surface area contributed by atoms with Crippen LogP contribution in [0.2, 0.25) is 0 Å². The van der Waals surface area contributed by atoms with Gasteiger partial charge in [0, 0.05) is 7.05 Å². The fourth-order valence-corrected chi connectivity index (χ4v) is 4.82. The second-order valence-electron chi connectivity index (χ2n) is 5.91. The molecule has 0 fully saturated rings. The number of fused-ring (bicyclic) bond motifs is 2. The van der Waals surface area contributed by atoms with Crippen LogP contribution in [0.4, 0.5) is 0 Å². The van der Waals surface area contributed by atoms with Crippen LogP contribution in [0.3, 0.4) is 0 Å². The first-order valence-electron chi connectivity index (χ1n) is 7.92. The molecule has 0 bridgehead atoms. The highest BCUT2D eigenvalue weighted by molar-refractivity contribution is 7.89. The van der Waals surface area contributed by atoms with Gasteiger partial charge in [-0.25, -0.2) is 13.1 Å². The fraction of sp³-hybridized carbons (Fsp3) is 0.235. The standard InChI is InChI=1S/C17H16N2O5S2/c1-19-13-7-6-12(8-16(13)25-17(19)20)26(21,22)18-9-11-10-23-14-4-2-3-5-15(14)24-11/h2-8,11,18H,9-10H2,1H3/t11-/m1/s1. The van der Waals surface area contributed by atoms with Crippen molar-refractivity contribution >= 4 is 31.6 Å². The van der Waals surface area contributed by atoms with Gasteiger partial charge in [-0.15, -0.1) is 0 Å². The van der Waals surface area contributed by atoms with Crippen molar-refractivity contribution in [2.45, 2.75) is 11.0 Å². The smallest absolute Gasteiger partial charge is 0.307 e. The van der Waals surface area contributed by atoms with Gasteiger partial charge >= 0.3 is 4.87 Å². The molecule has 1 atom stereocenters. The Bertz CT molecular complexity index is 1130. The van der Waals surface area contributed by atoms with Crippen LogP contribution in [-0.2, 0) is 17.1 Å². The van der Waals surface area contributed by atoms with Gasteiger partial charge in [-0.3, -0.25) is 4.79 Å². The Morgan fingerprint density at radius 2 is 2.00 bits per heavy atom. The molecule has 136 valence electrons. The summed E-state index contributed by atoms with van der Waals surface area (Å²) in [6.45, 7) is 0.346. The Labute approximate surface area is 153 Å². The van der Waals surface area contributed by atoms with Gasteiger partial charge in [0.25, 0.3) is 0 Å². The number of nitrogens with zero attached hydrogens (tertiary/aromatic N) is 1. The minimum absolute atomic E-state index is 0.0831. The van der Waals surface area contributed by atoms with E-state index < -0.39 is 16.1 Å². The molecule has 2 aromatic carbocycles. The summed E-state index contributed by atoms with van der Waals surface area (Å²) in [6, 6.07) is 11.9. The number of ether oxygens (including phenoxy) is 2. The first-order chi connectivity index (χ1) is 12.4. The van der Waals surface area contributed by atoms with Crippen molar-refractivity contribution in [2.75, 3.05) is 13.2 Å². The van der Waals surface area contributed by atoms with Crippen LogP contribution < -0.4 is 19.1 Å². The summed E-state index contributed by atoms with van der Waals surface area (Å²) >= 11 is 1.02. The van der Waals surface area contributed by atoms with Crippen LogP contribution in [0.15, 0.2) is 52.2 Å². The van der Waals surface area contributed by atoms with E-state index in [1.165, 1.54) is 16.7 Å². The van der Waals surface area contributed by atoms with E-state index in [-0.39, 0.29) is 22.9 Å². The van der Waals surface area contributed by atoms with E-state index in [0.717, 1.165) is 11.3 Å². The molecule has 7 nitrogen and oxygen atoms in total. The number of aromatic nitrogens is 1. The van der Waals surface area contributed by atoms with E-state index >= 15 is 0 Å².